The Labute approximate surface area is 226 Å². The minimum absolute atomic E-state index is 0.205. The van der Waals surface area contributed by atoms with Crippen LogP contribution in [0, 0.1) is 0 Å². The van der Waals surface area contributed by atoms with E-state index in [9.17, 15) is 9.59 Å². The van der Waals surface area contributed by atoms with Gasteiger partial charge in [0.15, 0.2) is 0 Å². The molecule has 3 aromatic rings. The number of benzene rings is 3. The Morgan fingerprint density at radius 2 is 1.73 bits per heavy atom. The van der Waals surface area contributed by atoms with E-state index in [-0.39, 0.29) is 31.5 Å². The third kappa shape index (κ3) is 6.13. The van der Waals surface area contributed by atoms with Gasteiger partial charge in [-0.3, -0.25) is 9.59 Å². The van der Waals surface area contributed by atoms with E-state index in [0.717, 1.165) is 16.8 Å². The van der Waals surface area contributed by atoms with Gasteiger partial charge in [-0.25, -0.2) is 5.01 Å². The van der Waals surface area contributed by atoms with Gasteiger partial charge in [-0.05, 0) is 35.9 Å². The number of amides is 2. The Balaban J connectivity index is 1.66. The van der Waals surface area contributed by atoms with Crippen molar-refractivity contribution in [3.8, 4) is 5.75 Å². The summed E-state index contributed by atoms with van der Waals surface area (Å²) in [5.41, 5.74) is 2.66. The standard InChI is InChI=1S/C28H27Cl2N3O4/c1-36-15-14-32(28(35)22-11-4-6-13-24(22)30)18-27(34)33-26(21-10-3-5-12-23(21)29)17-25(31-33)19-8-7-9-20(16-19)37-2/h3-13,16,26H,14-15,17-18H2,1-2H3/t26-/m0/s1. The molecule has 0 radical (unpaired) electrons. The van der Waals surface area contributed by atoms with Crippen LogP contribution in [-0.4, -0.2) is 61.4 Å². The molecule has 1 heterocycles. The fourth-order valence-electron chi connectivity index (χ4n) is 4.20. The normalized spacial score (nSPS) is 14.9. The lowest BCUT2D eigenvalue weighted by Gasteiger charge is -2.27. The quantitative estimate of drug-likeness (QED) is 0.361. The highest BCUT2D eigenvalue weighted by atomic mass is 35.5. The molecule has 0 fully saturated rings. The van der Waals surface area contributed by atoms with Crippen LogP contribution in [0.1, 0.15) is 33.9 Å². The first-order valence-corrected chi connectivity index (χ1v) is 12.5. The third-order valence-electron chi connectivity index (χ3n) is 6.12. The van der Waals surface area contributed by atoms with Crippen LogP contribution in [-0.2, 0) is 9.53 Å². The number of carbonyl (C=O) groups is 2. The molecule has 2 amide bonds. The average Bonchev–Trinajstić information content (AvgIpc) is 3.36. The minimum Gasteiger partial charge on any atom is -0.497 e. The lowest BCUT2D eigenvalue weighted by Crippen LogP contribution is -2.42. The van der Waals surface area contributed by atoms with Gasteiger partial charge in [-0.2, -0.15) is 5.10 Å². The number of nitrogens with zero attached hydrogens (tertiary/aromatic N) is 3. The number of methoxy groups -OCH3 is 2. The molecule has 0 saturated heterocycles. The zero-order valence-electron chi connectivity index (χ0n) is 20.6. The molecule has 9 heteroatoms. The molecule has 1 atom stereocenters. The largest absolute Gasteiger partial charge is 0.497 e. The number of ether oxygens (including phenoxy) is 2. The summed E-state index contributed by atoms with van der Waals surface area (Å²) < 4.78 is 10.6. The summed E-state index contributed by atoms with van der Waals surface area (Å²) in [6.45, 7) is 0.266. The molecule has 3 aromatic carbocycles. The first kappa shape index (κ1) is 26.7. The Kier molecular flexibility index (Phi) is 8.82. The van der Waals surface area contributed by atoms with E-state index in [2.05, 4.69) is 0 Å². The first-order chi connectivity index (χ1) is 17.9. The summed E-state index contributed by atoms with van der Waals surface area (Å²) in [5, 5.41) is 6.99. The number of rotatable bonds is 9. The maximum Gasteiger partial charge on any atom is 0.262 e. The van der Waals surface area contributed by atoms with Crippen LogP contribution in [0.2, 0.25) is 10.0 Å². The van der Waals surface area contributed by atoms with Gasteiger partial charge in [0.25, 0.3) is 11.8 Å². The van der Waals surface area contributed by atoms with Crippen LogP contribution in [0.25, 0.3) is 0 Å². The van der Waals surface area contributed by atoms with Crippen molar-refractivity contribution >= 4 is 40.7 Å². The van der Waals surface area contributed by atoms with Crippen LogP contribution in [0.15, 0.2) is 77.9 Å². The molecule has 0 N–H and O–H groups in total. The smallest absolute Gasteiger partial charge is 0.262 e. The van der Waals surface area contributed by atoms with E-state index in [4.69, 9.17) is 37.8 Å². The van der Waals surface area contributed by atoms with E-state index < -0.39 is 6.04 Å². The lowest BCUT2D eigenvalue weighted by atomic mass is 9.98. The average molecular weight is 540 g/mol. The van der Waals surface area contributed by atoms with Crippen molar-refractivity contribution < 1.29 is 19.1 Å². The number of hydrogen-bond acceptors (Lipinski definition) is 5. The number of hydrazone groups is 1. The Bertz CT molecular complexity index is 1310. The topological polar surface area (TPSA) is 71.4 Å². The molecule has 1 aliphatic heterocycles. The van der Waals surface area contributed by atoms with Crippen molar-refractivity contribution in [3.63, 3.8) is 0 Å². The molecule has 0 aromatic heterocycles. The van der Waals surface area contributed by atoms with Crippen LogP contribution in [0.3, 0.4) is 0 Å². The van der Waals surface area contributed by atoms with Gasteiger partial charge in [0.2, 0.25) is 0 Å². The first-order valence-electron chi connectivity index (χ1n) is 11.7. The summed E-state index contributed by atoms with van der Waals surface area (Å²) in [4.78, 5) is 28.5. The monoisotopic (exact) mass is 539 g/mol. The zero-order valence-corrected chi connectivity index (χ0v) is 22.1. The summed E-state index contributed by atoms with van der Waals surface area (Å²) in [5.74, 6) is -0.0174. The predicted molar refractivity (Wildman–Crippen MR) is 144 cm³/mol. The van der Waals surface area contributed by atoms with Gasteiger partial charge in [-0.15, -0.1) is 0 Å². The van der Waals surface area contributed by atoms with Gasteiger partial charge in [-0.1, -0.05) is 65.7 Å². The van der Waals surface area contributed by atoms with Gasteiger partial charge in [0.1, 0.15) is 12.3 Å². The van der Waals surface area contributed by atoms with Crippen LogP contribution < -0.4 is 4.74 Å². The second-order valence-corrected chi connectivity index (χ2v) is 9.27. The van der Waals surface area contributed by atoms with Crippen LogP contribution in [0.4, 0.5) is 0 Å². The van der Waals surface area contributed by atoms with Gasteiger partial charge in [0, 0.05) is 30.7 Å². The number of halogens is 2. The molecule has 4 rings (SSSR count). The summed E-state index contributed by atoms with van der Waals surface area (Å²) in [6, 6.07) is 21.2. The third-order valence-corrected chi connectivity index (χ3v) is 6.79. The molecule has 0 spiro atoms. The van der Waals surface area contributed by atoms with Crippen molar-refractivity contribution in [2.45, 2.75) is 12.5 Å². The number of hydrogen-bond donors (Lipinski definition) is 0. The Morgan fingerprint density at radius 1 is 1.00 bits per heavy atom. The maximum atomic E-state index is 13.7. The summed E-state index contributed by atoms with van der Waals surface area (Å²) in [6.07, 6.45) is 0.458. The van der Waals surface area contributed by atoms with Crippen molar-refractivity contribution in [2.24, 2.45) is 5.10 Å². The Morgan fingerprint density at radius 3 is 2.43 bits per heavy atom. The molecule has 192 valence electrons. The number of carbonyl (C=O) groups excluding carboxylic acids is 2. The zero-order chi connectivity index (χ0) is 26.4. The molecule has 7 nitrogen and oxygen atoms in total. The van der Waals surface area contributed by atoms with E-state index in [1.54, 1.807) is 44.6 Å². The lowest BCUT2D eigenvalue weighted by molar-refractivity contribution is -0.133. The maximum absolute atomic E-state index is 13.7. The second kappa shape index (κ2) is 12.2. The predicted octanol–water partition coefficient (Wildman–Crippen LogP) is 5.47. The van der Waals surface area contributed by atoms with Gasteiger partial charge >= 0.3 is 0 Å². The van der Waals surface area contributed by atoms with E-state index in [1.165, 1.54) is 9.91 Å². The van der Waals surface area contributed by atoms with E-state index >= 15 is 0 Å². The molecular weight excluding hydrogens is 513 g/mol. The van der Waals surface area contributed by atoms with Crippen molar-refractivity contribution in [3.05, 3.63) is 99.5 Å². The molecule has 1 aliphatic rings. The molecule has 0 aliphatic carbocycles. The highest BCUT2D eigenvalue weighted by Crippen LogP contribution is 2.36. The molecule has 0 unspecified atom stereocenters. The van der Waals surface area contributed by atoms with Gasteiger partial charge < -0.3 is 14.4 Å². The molecule has 0 saturated carbocycles. The molecule has 37 heavy (non-hydrogen) atoms. The van der Waals surface area contributed by atoms with Crippen molar-refractivity contribution in [1.29, 1.82) is 0 Å². The fourth-order valence-corrected chi connectivity index (χ4v) is 4.68. The van der Waals surface area contributed by atoms with Gasteiger partial charge in [0.05, 0.1) is 36.1 Å². The Hall–Kier alpha value is -3.39. The van der Waals surface area contributed by atoms with Crippen LogP contribution in [0.5, 0.6) is 5.75 Å². The molecule has 0 bridgehead atoms. The minimum atomic E-state index is -0.429. The molecular formula is C28H27Cl2N3O4. The van der Waals surface area contributed by atoms with Crippen LogP contribution >= 0.6 is 23.2 Å². The highest BCUT2D eigenvalue weighted by molar-refractivity contribution is 6.33. The van der Waals surface area contributed by atoms with Crippen molar-refractivity contribution in [2.75, 3.05) is 33.9 Å². The second-order valence-electron chi connectivity index (χ2n) is 8.46. The highest BCUT2D eigenvalue weighted by Gasteiger charge is 2.35. The summed E-state index contributed by atoms with van der Waals surface area (Å²) >= 11 is 12.8. The van der Waals surface area contributed by atoms with E-state index in [1.807, 2.05) is 42.5 Å². The SMILES string of the molecule is COCCN(CC(=O)N1N=C(c2cccc(OC)c2)C[C@H]1c1ccccc1Cl)C(=O)c1ccccc1Cl. The summed E-state index contributed by atoms with van der Waals surface area (Å²) in [7, 11) is 3.14. The van der Waals surface area contributed by atoms with E-state index in [0.29, 0.717) is 27.8 Å². The van der Waals surface area contributed by atoms with Crippen molar-refractivity contribution in [1.82, 2.24) is 9.91 Å². The fraction of sp³-hybridized carbons (Fsp3) is 0.250.